The smallest absolute Gasteiger partial charge is 0.130 e. The molecule has 0 spiro atoms. The molecule has 3 aromatic rings. The van der Waals surface area contributed by atoms with Gasteiger partial charge in [0, 0.05) is 22.0 Å². The first kappa shape index (κ1) is 12.4. The molecule has 0 aliphatic rings. The van der Waals surface area contributed by atoms with Gasteiger partial charge in [0.2, 0.25) is 0 Å². The predicted molar refractivity (Wildman–Crippen MR) is 84.1 cm³/mol. The van der Waals surface area contributed by atoms with Gasteiger partial charge in [0.05, 0.1) is 5.56 Å². The molecule has 1 aromatic carbocycles. The second-order valence-corrected chi connectivity index (χ2v) is 6.08. The molecule has 2 heterocycles. The van der Waals surface area contributed by atoms with Crippen LogP contribution in [0.5, 0.6) is 0 Å². The Balaban J connectivity index is 2.25. The molecule has 3 rings (SSSR count). The van der Waals surface area contributed by atoms with E-state index in [0.29, 0.717) is 5.82 Å². The summed E-state index contributed by atoms with van der Waals surface area (Å²) in [6, 6.07) is 12.2. The quantitative estimate of drug-likeness (QED) is 0.765. The van der Waals surface area contributed by atoms with Crippen molar-refractivity contribution in [1.82, 2.24) is 9.78 Å². The highest BCUT2D eigenvalue weighted by atomic mass is 79.9. The standard InChI is InChI=1S/C14H12BrN3S/c1-18-14(16)12(11-6-3-7-19-11)13(17-18)9-4-2-5-10(15)8-9/h2-8H,16H2,1H3. The van der Waals surface area contributed by atoms with E-state index in [1.807, 2.05) is 36.7 Å². The van der Waals surface area contributed by atoms with Crippen molar-refractivity contribution in [3.05, 3.63) is 46.3 Å². The van der Waals surface area contributed by atoms with E-state index in [9.17, 15) is 0 Å². The second kappa shape index (κ2) is 4.83. The monoisotopic (exact) mass is 333 g/mol. The van der Waals surface area contributed by atoms with E-state index >= 15 is 0 Å². The molecule has 0 radical (unpaired) electrons. The van der Waals surface area contributed by atoms with Crippen LogP contribution >= 0.6 is 27.3 Å². The van der Waals surface area contributed by atoms with Crippen molar-refractivity contribution in [2.75, 3.05) is 5.73 Å². The van der Waals surface area contributed by atoms with Crippen LogP contribution in [0.2, 0.25) is 0 Å². The Labute approximate surface area is 123 Å². The summed E-state index contributed by atoms with van der Waals surface area (Å²) in [6.45, 7) is 0. The molecule has 2 N–H and O–H groups in total. The third-order valence-electron chi connectivity index (χ3n) is 2.96. The Morgan fingerprint density at radius 2 is 2.11 bits per heavy atom. The molecule has 0 aliphatic heterocycles. The average Bonchev–Trinajstić information content (AvgIpc) is 2.99. The lowest BCUT2D eigenvalue weighted by Gasteiger charge is -2.02. The Hall–Kier alpha value is -1.59. The first-order valence-corrected chi connectivity index (χ1v) is 7.46. The lowest BCUT2D eigenvalue weighted by atomic mass is 10.1. The Morgan fingerprint density at radius 1 is 1.26 bits per heavy atom. The van der Waals surface area contributed by atoms with Gasteiger partial charge < -0.3 is 5.73 Å². The summed E-state index contributed by atoms with van der Waals surface area (Å²) < 4.78 is 2.76. The minimum Gasteiger partial charge on any atom is -0.383 e. The van der Waals surface area contributed by atoms with Crippen LogP contribution in [0.4, 0.5) is 5.82 Å². The van der Waals surface area contributed by atoms with Gasteiger partial charge in [-0.25, -0.2) is 0 Å². The molecule has 19 heavy (non-hydrogen) atoms. The van der Waals surface area contributed by atoms with Crippen LogP contribution in [0.3, 0.4) is 0 Å². The number of thiophene rings is 1. The van der Waals surface area contributed by atoms with E-state index in [1.54, 1.807) is 16.0 Å². The van der Waals surface area contributed by atoms with Gasteiger partial charge in [0.1, 0.15) is 11.5 Å². The minimum atomic E-state index is 0.692. The van der Waals surface area contributed by atoms with Gasteiger partial charge in [0.25, 0.3) is 0 Å². The fourth-order valence-corrected chi connectivity index (χ4v) is 3.22. The summed E-state index contributed by atoms with van der Waals surface area (Å²) in [7, 11) is 1.87. The van der Waals surface area contributed by atoms with Crippen molar-refractivity contribution in [2.24, 2.45) is 7.05 Å². The highest BCUT2D eigenvalue weighted by Gasteiger charge is 2.18. The van der Waals surface area contributed by atoms with Crippen LogP contribution in [0.25, 0.3) is 21.7 Å². The fraction of sp³-hybridized carbons (Fsp3) is 0.0714. The van der Waals surface area contributed by atoms with Gasteiger partial charge in [-0.15, -0.1) is 11.3 Å². The highest BCUT2D eigenvalue weighted by Crippen LogP contribution is 2.38. The number of halogens is 1. The summed E-state index contributed by atoms with van der Waals surface area (Å²) >= 11 is 5.17. The number of rotatable bonds is 2. The van der Waals surface area contributed by atoms with Crippen molar-refractivity contribution in [3.63, 3.8) is 0 Å². The SMILES string of the molecule is Cn1nc(-c2cccc(Br)c2)c(-c2cccs2)c1N. The maximum atomic E-state index is 6.17. The topological polar surface area (TPSA) is 43.8 Å². The third kappa shape index (κ3) is 2.19. The van der Waals surface area contributed by atoms with Crippen LogP contribution in [-0.4, -0.2) is 9.78 Å². The van der Waals surface area contributed by atoms with Crippen LogP contribution in [0.1, 0.15) is 0 Å². The minimum absolute atomic E-state index is 0.692. The molecule has 0 bridgehead atoms. The van der Waals surface area contributed by atoms with Crippen LogP contribution < -0.4 is 5.73 Å². The van der Waals surface area contributed by atoms with E-state index in [0.717, 1.165) is 26.2 Å². The number of anilines is 1. The molecule has 0 atom stereocenters. The van der Waals surface area contributed by atoms with E-state index in [1.165, 1.54) is 0 Å². The number of aryl methyl sites for hydroxylation is 1. The Morgan fingerprint density at radius 3 is 2.79 bits per heavy atom. The van der Waals surface area contributed by atoms with Gasteiger partial charge in [-0.2, -0.15) is 5.10 Å². The van der Waals surface area contributed by atoms with E-state index in [4.69, 9.17) is 5.73 Å². The van der Waals surface area contributed by atoms with E-state index in [2.05, 4.69) is 33.2 Å². The van der Waals surface area contributed by atoms with Crippen molar-refractivity contribution in [3.8, 4) is 21.7 Å². The van der Waals surface area contributed by atoms with Gasteiger partial charge in [-0.1, -0.05) is 34.1 Å². The molecule has 0 fully saturated rings. The molecular formula is C14H12BrN3S. The lowest BCUT2D eigenvalue weighted by molar-refractivity contribution is 0.782. The predicted octanol–water partition coefficient (Wildman–Crippen LogP) is 4.16. The molecule has 0 aliphatic carbocycles. The highest BCUT2D eigenvalue weighted by molar-refractivity contribution is 9.10. The number of aromatic nitrogens is 2. The van der Waals surface area contributed by atoms with Crippen molar-refractivity contribution in [2.45, 2.75) is 0 Å². The third-order valence-corrected chi connectivity index (χ3v) is 4.34. The largest absolute Gasteiger partial charge is 0.383 e. The second-order valence-electron chi connectivity index (χ2n) is 4.22. The van der Waals surface area contributed by atoms with Crippen LogP contribution in [-0.2, 0) is 7.05 Å². The summed E-state index contributed by atoms with van der Waals surface area (Å²) in [6.07, 6.45) is 0. The molecule has 2 aromatic heterocycles. The Bertz CT molecular complexity index is 716. The molecule has 0 saturated heterocycles. The first-order valence-electron chi connectivity index (χ1n) is 5.79. The maximum Gasteiger partial charge on any atom is 0.130 e. The molecule has 5 heteroatoms. The zero-order valence-corrected chi connectivity index (χ0v) is 12.7. The van der Waals surface area contributed by atoms with E-state index in [-0.39, 0.29) is 0 Å². The van der Waals surface area contributed by atoms with Gasteiger partial charge in [-0.05, 0) is 23.6 Å². The van der Waals surface area contributed by atoms with Crippen LogP contribution in [0, 0.1) is 0 Å². The zero-order chi connectivity index (χ0) is 13.4. The number of nitrogens with zero attached hydrogens (tertiary/aromatic N) is 2. The molecule has 96 valence electrons. The normalized spacial score (nSPS) is 10.8. The van der Waals surface area contributed by atoms with Crippen molar-refractivity contribution >= 4 is 33.1 Å². The average molecular weight is 334 g/mol. The number of hydrogen-bond acceptors (Lipinski definition) is 3. The molecule has 0 amide bonds. The van der Waals surface area contributed by atoms with Gasteiger partial charge in [0.15, 0.2) is 0 Å². The summed E-state index contributed by atoms with van der Waals surface area (Å²) in [5.41, 5.74) is 9.16. The van der Waals surface area contributed by atoms with Crippen LogP contribution in [0.15, 0.2) is 46.3 Å². The molecular weight excluding hydrogens is 322 g/mol. The molecule has 3 nitrogen and oxygen atoms in total. The number of benzene rings is 1. The maximum absolute atomic E-state index is 6.17. The number of nitrogen functional groups attached to an aromatic ring is 1. The Kier molecular flexibility index (Phi) is 3.16. The summed E-state index contributed by atoms with van der Waals surface area (Å²) in [5, 5.41) is 6.60. The molecule has 0 unspecified atom stereocenters. The van der Waals surface area contributed by atoms with E-state index < -0.39 is 0 Å². The zero-order valence-electron chi connectivity index (χ0n) is 10.3. The van der Waals surface area contributed by atoms with Gasteiger partial charge >= 0.3 is 0 Å². The number of nitrogens with two attached hydrogens (primary N) is 1. The lowest BCUT2D eigenvalue weighted by Crippen LogP contribution is -1.97. The summed E-state index contributed by atoms with van der Waals surface area (Å²) in [5.74, 6) is 0.692. The van der Waals surface area contributed by atoms with Gasteiger partial charge in [-0.3, -0.25) is 4.68 Å². The van der Waals surface area contributed by atoms with Crippen molar-refractivity contribution < 1.29 is 0 Å². The first-order chi connectivity index (χ1) is 9.16. The van der Waals surface area contributed by atoms with Crippen molar-refractivity contribution in [1.29, 1.82) is 0 Å². The summed E-state index contributed by atoms with van der Waals surface area (Å²) in [4.78, 5) is 1.14. The molecule has 0 saturated carbocycles. The number of hydrogen-bond donors (Lipinski definition) is 1. The fourth-order valence-electron chi connectivity index (χ4n) is 2.04.